The molecule has 0 unspecified atom stereocenters. The number of rotatable bonds is 6. The number of thiophene rings is 1. The van der Waals surface area contributed by atoms with E-state index in [0.29, 0.717) is 4.88 Å². The van der Waals surface area contributed by atoms with Crippen molar-refractivity contribution in [3.63, 3.8) is 0 Å². The Morgan fingerprint density at radius 1 is 0.966 bits per heavy atom. The summed E-state index contributed by atoms with van der Waals surface area (Å²) >= 11 is 1.31. The van der Waals surface area contributed by atoms with Crippen molar-refractivity contribution in [1.82, 2.24) is 5.32 Å². The first-order chi connectivity index (χ1) is 13.8. The van der Waals surface area contributed by atoms with E-state index in [4.69, 9.17) is 4.74 Å². The summed E-state index contributed by atoms with van der Waals surface area (Å²) < 4.78 is 6.02. The van der Waals surface area contributed by atoms with Crippen molar-refractivity contribution in [1.29, 1.82) is 0 Å². The van der Waals surface area contributed by atoms with Crippen LogP contribution in [0.3, 0.4) is 0 Å². The molecule has 2 aromatic carbocycles. The van der Waals surface area contributed by atoms with Crippen LogP contribution in [0.25, 0.3) is 10.1 Å². The fraction of sp³-hybridized carbons (Fsp3) is 0.227. The second kappa shape index (κ2) is 8.87. The highest BCUT2D eigenvalue weighted by atomic mass is 32.1. The van der Waals surface area contributed by atoms with Gasteiger partial charge in [-0.25, -0.2) is 4.79 Å². The minimum Gasteiger partial charge on any atom is -0.451 e. The van der Waals surface area contributed by atoms with Gasteiger partial charge in [0.05, 0.1) is 6.54 Å². The number of esters is 1. The molecule has 2 N–H and O–H groups in total. The molecule has 0 fully saturated rings. The molecule has 0 aliphatic rings. The minimum absolute atomic E-state index is 0.202. The Bertz CT molecular complexity index is 1030. The SMILES string of the molecule is Cc1cc(C)c(NC(=O)CNC(=O)COC(=O)c2cc3ccccc3s2)c(C)c1. The number of nitrogens with one attached hydrogen (secondary N) is 2. The number of amides is 2. The molecule has 0 atom stereocenters. The summed E-state index contributed by atoms with van der Waals surface area (Å²) in [7, 11) is 0. The van der Waals surface area contributed by atoms with Crippen molar-refractivity contribution in [2.45, 2.75) is 20.8 Å². The second-order valence-electron chi connectivity index (χ2n) is 6.82. The second-order valence-corrected chi connectivity index (χ2v) is 7.91. The largest absolute Gasteiger partial charge is 0.451 e. The molecule has 3 rings (SSSR count). The summed E-state index contributed by atoms with van der Waals surface area (Å²) in [6.07, 6.45) is 0. The summed E-state index contributed by atoms with van der Waals surface area (Å²) in [4.78, 5) is 36.6. The Hall–Kier alpha value is -3.19. The Kier molecular flexibility index (Phi) is 6.29. The Morgan fingerprint density at radius 2 is 1.66 bits per heavy atom. The third kappa shape index (κ3) is 5.20. The lowest BCUT2D eigenvalue weighted by Gasteiger charge is -2.13. The predicted molar refractivity (Wildman–Crippen MR) is 114 cm³/mol. The van der Waals surface area contributed by atoms with Gasteiger partial charge in [-0.05, 0) is 49.4 Å². The minimum atomic E-state index is -0.559. The topological polar surface area (TPSA) is 84.5 Å². The number of benzene rings is 2. The molecule has 0 bridgehead atoms. The van der Waals surface area contributed by atoms with Crippen molar-refractivity contribution in [3.05, 3.63) is 64.0 Å². The van der Waals surface area contributed by atoms with Gasteiger partial charge >= 0.3 is 5.97 Å². The lowest BCUT2D eigenvalue weighted by Crippen LogP contribution is -2.35. The predicted octanol–water partition coefficient (Wildman–Crippen LogP) is 3.74. The van der Waals surface area contributed by atoms with Crippen molar-refractivity contribution >= 4 is 44.9 Å². The van der Waals surface area contributed by atoms with Crippen LogP contribution in [-0.2, 0) is 14.3 Å². The first-order valence-electron chi connectivity index (χ1n) is 9.13. The van der Waals surface area contributed by atoms with Gasteiger partial charge in [0.2, 0.25) is 5.91 Å². The number of anilines is 1. The molecule has 0 saturated carbocycles. The van der Waals surface area contributed by atoms with Gasteiger partial charge in [0.25, 0.3) is 5.91 Å². The van der Waals surface area contributed by atoms with Crippen LogP contribution in [0, 0.1) is 20.8 Å². The van der Waals surface area contributed by atoms with Gasteiger partial charge in [-0.15, -0.1) is 11.3 Å². The average Bonchev–Trinajstić information content (AvgIpc) is 3.11. The van der Waals surface area contributed by atoms with E-state index in [0.717, 1.165) is 32.5 Å². The highest BCUT2D eigenvalue weighted by Crippen LogP contribution is 2.25. The van der Waals surface area contributed by atoms with E-state index in [1.807, 2.05) is 57.2 Å². The van der Waals surface area contributed by atoms with Gasteiger partial charge in [-0.2, -0.15) is 0 Å². The van der Waals surface area contributed by atoms with E-state index >= 15 is 0 Å². The molecule has 7 heteroatoms. The zero-order valence-electron chi connectivity index (χ0n) is 16.5. The van der Waals surface area contributed by atoms with Gasteiger partial charge < -0.3 is 15.4 Å². The van der Waals surface area contributed by atoms with Crippen molar-refractivity contribution in [2.24, 2.45) is 0 Å². The molecule has 150 valence electrons. The van der Waals surface area contributed by atoms with Crippen LogP contribution in [0.4, 0.5) is 5.69 Å². The fourth-order valence-corrected chi connectivity index (χ4v) is 4.03. The summed E-state index contributed by atoms with van der Waals surface area (Å²) in [5.41, 5.74) is 3.77. The molecule has 0 aliphatic carbocycles. The van der Waals surface area contributed by atoms with E-state index in [1.54, 1.807) is 6.07 Å². The van der Waals surface area contributed by atoms with E-state index in [-0.39, 0.29) is 12.5 Å². The first-order valence-corrected chi connectivity index (χ1v) is 9.95. The van der Waals surface area contributed by atoms with E-state index in [1.165, 1.54) is 11.3 Å². The highest BCUT2D eigenvalue weighted by Gasteiger charge is 2.14. The van der Waals surface area contributed by atoms with Crippen LogP contribution in [0.5, 0.6) is 0 Å². The fourth-order valence-electron chi connectivity index (χ4n) is 3.08. The number of carbonyl (C=O) groups excluding carboxylic acids is 3. The van der Waals surface area contributed by atoms with Crippen molar-refractivity contribution in [3.8, 4) is 0 Å². The molecule has 3 aromatic rings. The van der Waals surface area contributed by atoms with Crippen LogP contribution < -0.4 is 10.6 Å². The Balaban J connectivity index is 1.47. The van der Waals surface area contributed by atoms with Gasteiger partial charge in [0, 0.05) is 10.4 Å². The third-order valence-electron chi connectivity index (χ3n) is 4.35. The van der Waals surface area contributed by atoms with Crippen LogP contribution in [0.1, 0.15) is 26.4 Å². The number of hydrogen-bond acceptors (Lipinski definition) is 5. The van der Waals surface area contributed by atoms with Crippen molar-refractivity contribution in [2.75, 3.05) is 18.5 Å². The zero-order valence-corrected chi connectivity index (χ0v) is 17.3. The number of aryl methyl sites for hydroxylation is 3. The van der Waals surface area contributed by atoms with Gasteiger partial charge in [0.15, 0.2) is 6.61 Å². The zero-order chi connectivity index (χ0) is 21.0. The number of hydrogen-bond donors (Lipinski definition) is 2. The van der Waals surface area contributed by atoms with Crippen LogP contribution in [-0.4, -0.2) is 30.9 Å². The van der Waals surface area contributed by atoms with E-state index in [2.05, 4.69) is 10.6 Å². The summed E-state index contributed by atoms with van der Waals surface area (Å²) in [6.45, 7) is 5.18. The molecule has 29 heavy (non-hydrogen) atoms. The number of fused-ring (bicyclic) bond motifs is 1. The number of carbonyl (C=O) groups is 3. The Labute approximate surface area is 172 Å². The third-order valence-corrected chi connectivity index (χ3v) is 5.44. The maximum absolute atomic E-state index is 12.1. The molecular formula is C22H22N2O4S. The van der Waals surface area contributed by atoms with Gasteiger partial charge in [-0.3, -0.25) is 9.59 Å². The standard InChI is InChI=1S/C22H22N2O4S/c1-13-8-14(2)21(15(3)9-13)24-19(25)11-23-20(26)12-28-22(27)18-10-16-6-4-5-7-17(16)29-18/h4-10H,11-12H2,1-3H3,(H,23,26)(H,24,25). The quantitative estimate of drug-likeness (QED) is 0.607. The van der Waals surface area contributed by atoms with Gasteiger partial charge in [-0.1, -0.05) is 35.9 Å². The van der Waals surface area contributed by atoms with Crippen LogP contribution in [0.2, 0.25) is 0 Å². The monoisotopic (exact) mass is 410 g/mol. The first kappa shape index (κ1) is 20.5. The molecule has 2 amide bonds. The molecule has 0 saturated heterocycles. The lowest BCUT2D eigenvalue weighted by atomic mass is 10.1. The average molecular weight is 410 g/mol. The maximum Gasteiger partial charge on any atom is 0.348 e. The smallest absolute Gasteiger partial charge is 0.348 e. The summed E-state index contributed by atoms with van der Waals surface area (Å²) in [6, 6.07) is 13.3. The molecule has 6 nitrogen and oxygen atoms in total. The summed E-state index contributed by atoms with van der Waals surface area (Å²) in [5, 5.41) is 6.22. The Morgan fingerprint density at radius 3 is 2.34 bits per heavy atom. The van der Waals surface area contributed by atoms with Crippen LogP contribution in [0.15, 0.2) is 42.5 Å². The lowest BCUT2D eigenvalue weighted by molar-refractivity contribution is -0.126. The van der Waals surface area contributed by atoms with E-state index in [9.17, 15) is 14.4 Å². The highest BCUT2D eigenvalue weighted by molar-refractivity contribution is 7.20. The molecule has 1 aromatic heterocycles. The van der Waals surface area contributed by atoms with Crippen LogP contribution >= 0.6 is 11.3 Å². The number of ether oxygens (including phenoxy) is 1. The maximum atomic E-state index is 12.1. The van der Waals surface area contributed by atoms with E-state index < -0.39 is 18.5 Å². The molecule has 0 aliphatic heterocycles. The molecular weight excluding hydrogens is 388 g/mol. The van der Waals surface area contributed by atoms with Crippen molar-refractivity contribution < 1.29 is 19.1 Å². The molecule has 0 spiro atoms. The molecule has 1 heterocycles. The summed E-state index contributed by atoms with van der Waals surface area (Å²) in [5.74, 6) is -1.44. The molecule has 0 radical (unpaired) electrons. The normalized spacial score (nSPS) is 10.6. The van der Waals surface area contributed by atoms with Gasteiger partial charge in [0.1, 0.15) is 4.88 Å².